The lowest BCUT2D eigenvalue weighted by molar-refractivity contribution is -0.142. The smallest absolute Gasteiger partial charge is 0.261 e. The quantitative estimate of drug-likeness (QED) is 0.451. The number of carbonyl (C=O) groups is 2. The highest BCUT2D eigenvalue weighted by Gasteiger charge is 2.29. The molecule has 1 saturated carbocycles. The van der Waals surface area contributed by atoms with Crippen LogP contribution in [0.2, 0.25) is 10.0 Å². The zero-order chi connectivity index (χ0) is 23.3. The highest BCUT2D eigenvalue weighted by molar-refractivity contribution is 9.10. The monoisotopic (exact) mass is 540 g/mol. The number of nitrogens with one attached hydrogen (secondary N) is 1. The van der Waals surface area contributed by atoms with Crippen LogP contribution < -0.4 is 10.1 Å². The largest absolute Gasteiger partial charge is 0.484 e. The third kappa shape index (κ3) is 6.63. The number of hydrogen-bond donors (Lipinski definition) is 1. The Morgan fingerprint density at radius 3 is 2.56 bits per heavy atom. The van der Waals surface area contributed by atoms with Gasteiger partial charge in [0.2, 0.25) is 5.91 Å². The summed E-state index contributed by atoms with van der Waals surface area (Å²) in [7, 11) is 0. The molecule has 1 aliphatic rings. The SMILES string of the molecule is Cc1cc(OCC(=O)N(Cc2ccc(Cl)cc2Cl)C(C)C(=O)NC2CCCC2)ccc1Br. The number of nitrogens with zero attached hydrogens (tertiary/aromatic N) is 1. The highest BCUT2D eigenvalue weighted by Crippen LogP contribution is 2.25. The summed E-state index contributed by atoms with van der Waals surface area (Å²) >= 11 is 15.8. The third-order valence-electron chi connectivity index (χ3n) is 5.72. The van der Waals surface area contributed by atoms with Crippen molar-refractivity contribution in [2.45, 2.75) is 58.2 Å². The zero-order valence-electron chi connectivity index (χ0n) is 18.2. The summed E-state index contributed by atoms with van der Waals surface area (Å²) in [6, 6.07) is 10.1. The fourth-order valence-corrected chi connectivity index (χ4v) is 4.46. The Bertz CT molecular complexity index is 980. The van der Waals surface area contributed by atoms with Crippen molar-refractivity contribution in [2.24, 2.45) is 0 Å². The second-order valence-corrected chi connectivity index (χ2v) is 9.82. The topological polar surface area (TPSA) is 58.6 Å². The maximum absolute atomic E-state index is 13.2. The summed E-state index contributed by atoms with van der Waals surface area (Å²) in [4.78, 5) is 27.6. The van der Waals surface area contributed by atoms with Crippen molar-refractivity contribution in [2.75, 3.05) is 6.61 Å². The third-order valence-corrected chi connectivity index (χ3v) is 7.19. The lowest BCUT2D eigenvalue weighted by Gasteiger charge is -2.30. The average Bonchev–Trinajstić information content (AvgIpc) is 3.26. The van der Waals surface area contributed by atoms with E-state index in [1.807, 2.05) is 19.1 Å². The molecular weight excluding hydrogens is 515 g/mol. The number of rotatable bonds is 8. The molecular formula is C24H27BrCl2N2O3. The van der Waals surface area contributed by atoms with E-state index in [-0.39, 0.29) is 31.0 Å². The molecule has 32 heavy (non-hydrogen) atoms. The predicted molar refractivity (Wildman–Crippen MR) is 131 cm³/mol. The van der Waals surface area contributed by atoms with Crippen molar-refractivity contribution in [3.8, 4) is 5.75 Å². The summed E-state index contributed by atoms with van der Waals surface area (Å²) in [5.41, 5.74) is 1.72. The number of carbonyl (C=O) groups excluding carboxylic acids is 2. The Morgan fingerprint density at radius 1 is 1.19 bits per heavy atom. The van der Waals surface area contributed by atoms with Gasteiger partial charge in [-0.25, -0.2) is 0 Å². The molecule has 3 rings (SSSR count). The van der Waals surface area contributed by atoms with Crippen LogP contribution in [-0.2, 0) is 16.1 Å². The number of aryl methyl sites for hydroxylation is 1. The fourth-order valence-electron chi connectivity index (χ4n) is 3.74. The zero-order valence-corrected chi connectivity index (χ0v) is 21.3. The van der Waals surface area contributed by atoms with Gasteiger partial charge >= 0.3 is 0 Å². The van der Waals surface area contributed by atoms with Gasteiger partial charge in [0, 0.05) is 27.1 Å². The van der Waals surface area contributed by atoms with Crippen LogP contribution in [0.5, 0.6) is 5.75 Å². The van der Waals surface area contributed by atoms with Crippen LogP contribution in [0, 0.1) is 6.92 Å². The van der Waals surface area contributed by atoms with Gasteiger partial charge in [0.1, 0.15) is 11.8 Å². The van der Waals surface area contributed by atoms with E-state index in [1.54, 1.807) is 31.2 Å². The molecule has 172 valence electrons. The normalized spacial score (nSPS) is 14.8. The summed E-state index contributed by atoms with van der Waals surface area (Å²) in [5, 5.41) is 4.04. The van der Waals surface area contributed by atoms with E-state index in [1.165, 1.54) is 4.90 Å². The Morgan fingerprint density at radius 2 is 1.91 bits per heavy atom. The van der Waals surface area contributed by atoms with E-state index in [2.05, 4.69) is 21.2 Å². The summed E-state index contributed by atoms with van der Waals surface area (Å²) < 4.78 is 6.70. The lowest BCUT2D eigenvalue weighted by atomic mass is 10.1. The van der Waals surface area contributed by atoms with Crippen LogP contribution in [0.25, 0.3) is 0 Å². The van der Waals surface area contributed by atoms with Gasteiger partial charge in [-0.15, -0.1) is 0 Å². The molecule has 8 heteroatoms. The van der Waals surface area contributed by atoms with Gasteiger partial charge in [0.15, 0.2) is 6.61 Å². The van der Waals surface area contributed by atoms with Crippen LogP contribution in [-0.4, -0.2) is 35.4 Å². The number of benzene rings is 2. The fraction of sp³-hybridized carbons (Fsp3) is 0.417. The average molecular weight is 542 g/mol. The van der Waals surface area contributed by atoms with Gasteiger partial charge in [0.25, 0.3) is 5.91 Å². The first-order chi connectivity index (χ1) is 15.2. The minimum atomic E-state index is -0.676. The molecule has 0 bridgehead atoms. The molecule has 1 fully saturated rings. The summed E-state index contributed by atoms with van der Waals surface area (Å²) in [6.07, 6.45) is 4.18. The van der Waals surface area contributed by atoms with Gasteiger partial charge in [-0.05, 0) is 68.1 Å². The van der Waals surface area contributed by atoms with Crippen molar-refractivity contribution >= 4 is 50.9 Å². The van der Waals surface area contributed by atoms with Gasteiger partial charge in [-0.3, -0.25) is 9.59 Å². The number of halogens is 3. The molecule has 5 nitrogen and oxygen atoms in total. The summed E-state index contributed by atoms with van der Waals surface area (Å²) in [6.45, 7) is 3.67. The Labute approximate surface area is 207 Å². The van der Waals surface area contributed by atoms with Crippen molar-refractivity contribution in [1.82, 2.24) is 10.2 Å². The van der Waals surface area contributed by atoms with Crippen LogP contribution >= 0.6 is 39.1 Å². The van der Waals surface area contributed by atoms with E-state index < -0.39 is 6.04 Å². The predicted octanol–water partition coefficient (Wildman–Crippen LogP) is 5.92. The van der Waals surface area contributed by atoms with Gasteiger partial charge in [-0.1, -0.05) is 58.0 Å². The minimum absolute atomic E-state index is 0.169. The van der Waals surface area contributed by atoms with Crippen LogP contribution in [0.15, 0.2) is 40.9 Å². The van der Waals surface area contributed by atoms with Gasteiger partial charge < -0.3 is 15.0 Å². The Balaban J connectivity index is 1.75. The maximum atomic E-state index is 13.2. The van der Waals surface area contributed by atoms with E-state index >= 15 is 0 Å². The van der Waals surface area contributed by atoms with Crippen molar-refractivity contribution in [1.29, 1.82) is 0 Å². The van der Waals surface area contributed by atoms with Crippen LogP contribution in [0.3, 0.4) is 0 Å². The van der Waals surface area contributed by atoms with Crippen molar-refractivity contribution in [3.63, 3.8) is 0 Å². The van der Waals surface area contributed by atoms with E-state index in [0.717, 1.165) is 35.7 Å². The van der Waals surface area contributed by atoms with Gasteiger partial charge in [0.05, 0.1) is 0 Å². The van der Waals surface area contributed by atoms with E-state index in [4.69, 9.17) is 27.9 Å². The van der Waals surface area contributed by atoms with E-state index in [9.17, 15) is 9.59 Å². The first-order valence-corrected chi connectivity index (χ1v) is 12.2. The van der Waals surface area contributed by atoms with Gasteiger partial charge in [-0.2, -0.15) is 0 Å². The molecule has 0 aliphatic heterocycles. The molecule has 1 unspecified atom stereocenters. The van der Waals surface area contributed by atoms with Crippen molar-refractivity contribution in [3.05, 3.63) is 62.0 Å². The second kappa shape index (κ2) is 11.4. The molecule has 2 aromatic rings. The molecule has 2 aromatic carbocycles. The highest BCUT2D eigenvalue weighted by atomic mass is 79.9. The standard InChI is InChI=1S/C24H27BrCl2N2O3/c1-15-11-20(9-10-21(15)25)32-14-23(30)29(13-17-7-8-18(26)12-22(17)27)16(2)24(31)28-19-5-3-4-6-19/h7-12,16,19H,3-6,13-14H2,1-2H3,(H,28,31). The van der Waals surface area contributed by atoms with Crippen LogP contribution in [0.4, 0.5) is 0 Å². The van der Waals surface area contributed by atoms with Crippen molar-refractivity contribution < 1.29 is 14.3 Å². The Kier molecular flexibility index (Phi) is 8.86. The first kappa shape index (κ1) is 24.9. The van der Waals surface area contributed by atoms with E-state index in [0.29, 0.717) is 21.4 Å². The molecule has 1 N–H and O–H groups in total. The molecule has 0 radical (unpaired) electrons. The molecule has 0 spiro atoms. The molecule has 1 atom stereocenters. The summed E-state index contributed by atoms with van der Waals surface area (Å²) in [5.74, 6) is 0.118. The number of ether oxygens (including phenoxy) is 1. The number of amides is 2. The second-order valence-electron chi connectivity index (χ2n) is 8.12. The van der Waals surface area contributed by atoms with Crippen LogP contribution in [0.1, 0.15) is 43.7 Å². The molecule has 1 aliphatic carbocycles. The molecule has 0 saturated heterocycles. The first-order valence-electron chi connectivity index (χ1n) is 10.7. The Hall–Kier alpha value is -1.76. The minimum Gasteiger partial charge on any atom is -0.484 e. The molecule has 2 amide bonds. The molecule has 0 aromatic heterocycles. The molecule has 0 heterocycles. The maximum Gasteiger partial charge on any atom is 0.261 e. The number of hydrogen-bond acceptors (Lipinski definition) is 3. The lowest BCUT2D eigenvalue weighted by Crippen LogP contribution is -2.50.